The minimum atomic E-state index is -0.740. The molecule has 0 heterocycles. The molecular weight excluding hydrogens is 244 g/mol. The van der Waals surface area contributed by atoms with Crippen LogP contribution in [-0.4, -0.2) is 15.1 Å². The number of hydrogen-bond acceptors (Lipinski definition) is 2. The molecule has 1 N–H and O–H groups in total. The Morgan fingerprint density at radius 3 is 2.28 bits per heavy atom. The topological polar surface area (TPSA) is 37.3 Å². The second kappa shape index (κ2) is 7.05. The van der Waals surface area contributed by atoms with E-state index >= 15 is 0 Å². The quantitative estimate of drug-likeness (QED) is 0.889. The minimum Gasteiger partial charge on any atom is -0.392 e. The number of rotatable bonds is 5. The van der Waals surface area contributed by atoms with Gasteiger partial charge in [-0.15, -0.1) is 0 Å². The Labute approximate surface area is 112 Å². The predicted molar refractivity (Wildman–Crippen MR) is 75.7 cm³/mol. The van der Waals surface area contributed by atoms with Gasteiger partial charge >= 0.3 is 0 Å². The van der Waals surface area contributed by atoms with Crippen molar-refractivity contribution in [3.63, 3.8) is 0 Å². The highest BCUT2D eigenvalue weighted by atomic mass is 32.2. The molecule has 2 rings (SSSR count). The molecule has 1 aliphatic carbocycles. The van der Waals surface area contributed by atoms with Crippen molar-refractivity contribution < 1.29 is 9.32 Å². The Morgan fingerprint density at radius 1 is 1.06 bits per heavy atom. The highest BCUT2D eigenvalue weighted by molar-refractivity contribution is 7.84. The molecule has 2 nitrogen and oxygen atoms in total. The summed E-state index contributed by atoms with van der Waals surface area (Å²) in [5, 5.41) is 8.97. The van der Waals surface area contributed by atoms with Crippen LogP contribution in [0.15, 0.2) is 24.3 Å². The number of aliphatic hydroxyl groups excluding tert-OH is 1. The van der Waals surface area contributed by atoms with Gasteiger partial charge in [-0.05, 0) is 29.9 Å². The molecule has 0 bridgehead atoms. The monoisotopic (exact) mass is 266 g/mol. The van der Waals surface area contributed by atoms with Gasteiger partial charge in [0.05, 0.1) is 6.61 Å². The lowest BCUT2D eigenvalue weighted by Crippen LogP contribution is -2.15. The van der Waals surface area contributed by atoms with Gasteiger partial charge in [0.15, 0.2) is 0 Å². The van der Waals surface area contributed by atoms with Crippen LogP contribution < -0.4 is 0 Å². The summed E-state index contributed by atoms with van der Waals surface area (Å²) in [6.07, 6.45) is 6.50. The molecular formula is C15H22O2S. The van der Waals surface area contributed by atoms with Crippen molar-refractivity contribution in [3.05, 3.63) is 35.4 Å². The molecule has 3 heteroatoms. The summed E-state index contributed by atoms with van der Waals surface area (Å²) in [6.45, 7) is 0.0748. The first-order valence-electron chi connectivity index (χ1n) is 6.81. The van der Waals surface area contributed by atoms with Gasteiger partial charge in [0.1, 0.15) is 0 Å². The number of aliphatic hydroxyl groups is 1. The fourth-order valence-electron chi connectivity index (χ4n) is 2.60. The van der Waals surface area contributed by atoms with Crippen LogP contribution in [0.4, 0.5) is 0 Å². The van der Waals surface area contributed by atoms with Crippen LogP contribution in [0.25, 0.3) is 0 Å². The first-order valence-corrected chi connectivity index (χ1v) is 8.30. The molecule has 0 aliphatic heterocycles. The smallest absolute Gasteiger partial charge is 0.0681 e. The van der Waals surface area contributed by atoms with Crippen LogP contribution in [0, 0.1) is 5.92 Å². The van der Waals surface area contributed by atoms with Gasteiger partial charge in [-0.2, -0.15) is 0 Å². The maximum Gasteiger partial charge on any atom is 0.0681 e. The van der Waals surface area contributed by atoms with Gasteiger partial charge in [0.2, 0.25) is 0 Å². The number of benzene rings is 1. The van der Waals surface area contributed by atoms with E-state index in [1.165, 1.54) is 32.1 Å². The summed E-state index contributed by atoms with van der Waals surface area (Å²) >= 11 is 0. The molecule has 1 atom stereocenters. The van der Waals surface area contributed by atoms with Crippen LogP contribution in [0.5, 0.6) is 0 Å². The standard InChI is InChI=1S/C15H22O2S/c16-10-13-6-8-15(9-7-13)12-18(17)11-14-4-2-1-3-5-14/h6-9,14,16H,1-5,10-12H2. The molecule has 0 saturated heterocycles. The van der Waals surface area contributed by atoms with Gasteiger partial charge < -0.3 is 5.11 Å². The van der Waals surface area contributed by atoms with E-state index in [1.54, 1.807) is 0 Å². The van der Waals surface area contributed by atoms with Crippen molar-refractivity contribution >= 4 is 10.8 Å². The van der Waals surface area contributed by atoms with Gasteiger partial charge in [0.25, 0.3) is 0 Å². The lowest BCUT2D eigenvalue weighted by atomic mass is 9.91. The van der Waals surface area contributed by atoms with Crippen LogP contribution in [0.1, 0.15) is 43.2 Å². The van der Waals surface area contributed by atoms with Crippen LogP contribution >= 0.6 is 0 Å². The van der Waals surface area contributed by atoms with Crippen molar-refractivity contribution in [2.45, 2.75) is 44.5 Å². The van der Waals surface area contributed by atoms with Crippen LogP contribution in [0.3, 0.4) is 0 Å². The molecule has 1 unspecified atom stereocenters. The fourth-order valence-corrected chi connectivity index (χ4v) is 4.14. The van der Waals surface area contributed by atoms with Crippen LogP contribution in [0.2, 0.25) is 0 Å². The third-order valence-electron chi connectivity index (χ3n) is 3.68. The maximum absolute atomic E-state index is 12.1. The molecule has 0 radical (unpaired) electrons. The van der Waals surface area contributed by atoms with E-state index in [4.69, 9.17) is 5.11 Å². The first kappa shape index (κ1) is 13.8. The SMILES string of the molecule is O=S(Cc1ccc(CO)cc1)CC1CCCCC1. The summed E-state index contributed by atoms with van der Waals surface area (Å²) in [4.78, 5) is 0. The maximum atomic E-state index is 12.1. The molecule has 1 fully saturated rings. The Morgan fingerprint density at radius 2 is 1.67 bits per heavy atom. The van der Waals surface area contributed by atoms with Crippen LogP contribution in [-0.2, 0) is 23.2 Å². The molecule has 0 aromatic heterocycles. The summed E-state index contributed by atoms with van der Waals surface area (Å²) in [5.41, 5.74) is 2.03. The highest BCUT2D eigenvalue weighted by Gasteiger charge is 2.16. The molecule has 1 aromatic carbocycles. The Hall–Kier alpha value is -0.670. The summed E-state index contributed by atoms with van der Waals surface area (Å²) < 4.78 is 12.1. The lowest BCUT2D eigenvalue weighted by Gasteiger charge is -2.20. The van der Waals surface area contributed by atoms with E-state index in [9.17, 15) is 4.21 Å². The summed E-state index contributed by atoms with van der Waals surface area (Å²) in [7, 11) is -0.740. The van der Waals surface area contributed by atoms with Crippen molar-refractivity contribution in [2.24, 2.45) is 5.92 Å². The largest absolute Gasteiger partial charge is 0.392 e. The molecule has 1 aromatic rings. The summed E-state index contributed by atoms with van der Waals surface area (Å²) in [6, 6.07) is 7.77. The normalized spacial score (nSPS) is 18.7. The fraction of sp³-hybridized carbons (Fsp3) is 0.600. The zero-order chi connectivity index (χ0) is 12.8. The average Bonchev–Trinajstić information content (AvgIpc) is 2.40. The second-order valence-electron chi connectivity index (χ2n) is 5.23. The zero-order valence-electron chi connectivity index (χ0n) is 10.8. The lowest BCUT2D eigenvalue weighted by molar-refractivity contribution is 0.282. The minimum absolute atomic E-state index is 0.0748. The predicted octanol–water partition coefficient (Wildman–Crippen LogP) is 3.01. The van der Waals surface area contributed by atoms with Gasteiger partial charge in [-0.1, -0.05) is 43.5 Å². The Bertz CT molecular complexity index is 380. The van der Waals surface area contributed by atoms with E-state index in [-0.39, 0.29) is 6.61 Å². The highest BCUT2D eigenvalue weighted by Crippen LogP contribution is 2.24. The number of hydrogen-bond donors (Lipinski definition) is 1. The summed E-state index contributed by atoms with van der Waals surface area (Å²) in [5.74, 6) is 2.19. The molecule has 1 saturated carbocycles. The Balaban J connectivity index is 1.82. The Kier molecular flexibility index (Phi) is 5.39. The van der Waals surface area contributed by atoms with Gasteiger partial charge in [0, 0.05) is 22.3 Å². The van der Waals surface area contributed by atoms with Crippen molar-refractivity contribution in [3.8, 4) is 0 Å². The van der Waals surface area contributed by atoms with E-state index in [0.29, 0.717) is 11.7 Å². The van der Waals surface area contributed by atoms with Gasteiger partial charge in [-0.3, -0.25) is 4.21 Å². The first-order chi connectivity index (χ1) is 8.78. The second-order valence-corrected chi connectivity index (χ2v) is 6.73. The molecule has 0 amide bonds. The molecule has 0 spiro atoms. The van der Waals surface area contributed by atoms with Crippen molar-refractivity contribution in [2.75, 3.05) is 5.75 Å². The molecule has 18 heavy (non-hydrogen) atoms. The van der Waals surface area contributed by atoms with Crippen molar-refractivity contribution in [1.29, 1.82) is 0 Å². The van der Waals surface area contributed by atoms with Crippen molar-refractivity contribution in [1.82, 2.24) is 0 Å². The molecule has 100 valence electrons. The third-order valence-corrected chi connectivity index (χ3v) is 5.18. The third kappa shape index (κ3) is 4.21. The van der Waals surface area contributed by atoms with E-state index in [0.717, 1.165) is 16.9 Å². The van der Waals surface area contributed by atoms with E-state index in [2.05, 4.69) is 0 Å². The average molecular weight is 266 g/mol. The zero-order valence-corrected chi connectivity index (χ0v) is 11.6. The molecule has 1 aliphatic rings. The van der Waals surface area contributed by atoms with E-state index in [1.807, 2.05) is 24.3 Å². The van der Waals surface area contributed by atoms with E-state index < -0.39 is 10.8 Å². The van der Waals surface area contributed by atoms with Gasteiger partial charge in [-0.25, -0.2) is 0 Å².